The summed E-state index contributed by atoms with van der Waals surface area (Å²) in [6.07, 6.45) is 2.51. The van der Waals surface area contributed by atoms with E-state index in [-0.39, 0.29) is 0 Å². The van der Waals surface area contributed by atoms with E-state index in [1.54, 1.807) is 0 Å². The molecule has 86 valence electrons. The van der Waals surface area contributed by atoms with E-state index >= 15 is 0 Å². The fourth-order valence-electron chi connectivity index (χ4n) is 1.93. The SMILES string of the molecule is CCCC(C)NCc1cc(C)n(C)c1C. The lowest BCUT2D eigenvalue weighted by Gasteiger charge is -2.12. The first kappa shape index (κ1) is 12.3. The van der Waals surface area contributed by atoms with E-state index in [1.165, 1.54) is 29.8 Å². The minimum Gasteiger partial charge on any atom is -0.352 e. The van der Waals surface area contributed by atoms with Crippen molar-refractivity contribution in [2.45, 2.75) is 53.1 Å². The van der Waals surface area contributed by atoms with E-state index in [4.69, 9.17) is 0 Å². The highest BCUT2D eigenvalue weighted by atomic mass is 15.0. The Morgan fingerprint density at radius 3 is 2.53 bits per heavy atom. The number of hydrogen-bond donors (Lipinski definition) is 1. The number of nitrogens with zero attached hydrogens (tertiary/aromatic N) is 1. The first-order valence-corrected chi connectivity index (χ1v) is 5.91. The summed E-state index contributed by atoms with van der Waals surface area (Å²) in [5.74, 6) is 0. The van der Waals surface area contributed by atoms with E-state index in [2.05, 4.69) is 50.7 Å². The predicted octanol–water partition coefficient (Wildman–Crippen LogP) is 2.92. The van der Waals surface area contributed by atoms with Gasteiger partial charge in [0.15, 0.2) is 0 Å². The van der Waals surface area contributed by atoms with E-state index < -0.39 is 0 Å². The molecular formula is C13H24N2. The molecule has 0 aliphatic heterocycles. The van der Waals surface area contributed by atoms with Crippen LogP contribution in [-0.2, 0) is 13.6 Å². The Morgan fingerprint density at radius 2 is 2.07 bits per heavy atom. The monoisotopic (exact) mass is 208 g/mol. The normalized spacial score (nSPS) is 13.1. The van der Waals surface area contributed by atoms with Gasteiger partial charge in [-0.25, -0.2) is 0 Å². The van der Waals surface area contributed by atoms with Crippen molar-refractivity contribution in [3.63, 3.8) is 0 Å². The van der Waals surface area contributed by atoms with Crippen LogP contribution in [0.3, 0.4) is 0 Å². The number of nitrogens with one attached hydrogen (secondary N) is 1. The molecule has 0 aromatic carbocycles. The number of hydrogen-bond acceptors (Lipinski definition) is 1. The highest BCUT2D eigenvalue weighted by molar-refractivity contribution is 5.26. The molecule has 1 unspecified atom stereocenters. The van der Waals surface area contributed by atoms with Crippen LogP contribution in [0.1, 0.15) is 43.6 Å². The van der Waals surface area contributed by atoms with Crippen LogP contribution in [0.2, 0.25) is 0 Å². The highest BCUT2D eigenvalue weighted by Gasteiger charge is 2.06. The van der Waals surface area contributed by atoms with Gasteiger partial charge in [0.05, 0.1) is 0 Å². The summed E-state index contributed by atoms with van der Waals surface area (Å²) in [7, 11) is 2.13. The Labute approximate surface area is 93.7 Å². The molecule has 1 rings (SSSR count). The van der Waals surface area contributed by atoms with Gasteiger partial charge in [-0.15, -0.1) is 0 Å². The van der Waals surface area contributed by atoms with Crippen LogP contribution in [0, 0.1) is 13.8 Å². The maximum absolute atomic E-state index is 3.57. The summed E-state index contributed by atoms with van der Waals surface area (Å²) in [5.41, 5.74) is 4.15. The molecule has 0 radical (unpaired) electrons. The van der Waals surface area contributed by atoms with Gasteiger partial charge in [0, 0.05) is 31.0 Å². The highest BCUT2D eigenvalue weighted by Crippen LogP contribution is 2.13. The van der Waals surface area contributed by atoms with Gasteiger partial charge in [-0.2, -0.15) is 0 Å². The average Bonchev–Trinajstić information content (AvgIpc) is 2.43. The van der Waals surface area contributed by atoms with Crippen LogP contribution < -0.4 is 5.32 Å². The molecule has 1 aromatic heterocycles. The molecule has 0 saturated heterocycles. The molecule has 1 heterocycles. The summed E-state index contributed by atoms with van der Waals surface area (Å²) in [6.45, 7) is 9.83. The minimum absolute atomic E-state index is 0.620. The Hall–Kier alpha value is -0.760. The Morgan fingerprint density at radius 1 is 1.40 bits per heavy atom. The van der Waals surface area contributed by atoms with Crippen molar-refractivity contribution < 1.29 is 0 Å². The quantitative estimate of drug-likeness (QED) is 0.787. The number of aryl methyl sites for hydroxylation is 1. The first-order chi connectivity index (χ1) is 7.06. The van der Waals surface area contributed by atoms with Gasteiger partial charge in [-0.05, 0) is 38.8 Å². The van der Waals surface area contributed by atoms with Gasteiger partial charge >= 0.3 is 0 Å². The van der Waals surface area contributed by atoms with Gasteiger partial charge in [-0.1, -0.05) is 13.3 Å². The maximum Gasteiger partial charge on any atom is 0.0225 e. The van der Waals surface area contributed by atoms with Gasteiger partial charge in [0.2, 0.25) is 0 Å². The molecule has 1 aromatic rings. The van der Waals surface area contributed by atoms with Crippen molar-refractivity contribution in [2.75, 3.05) is 0 Å². The topological polar surface area (TPSA) is 17.0 Å². The molecule has 1 atom stereocenters. The molecule has 2 nitrogen and oxygen atoms in total. The molecule has 0 spiro atoms. The molecule has 2 heteroatoms. The van der Waals surface area contributed by atoms with E-state index in [9.17, 15) is 0 Å². The summed E-state index contributed by atoms with van der Waals surface area (Å²) in [4.78, 5) is 0. The van der Waals surface area contributed by atoms with Gasteiger partial charge in [-0.3, -0.25) is 0 Å². The van der Waals surface area contributed by atoms with E-state index in [0.29, 0.717) is 6.04 Å². The molecule has 0 aliphatic rings. The molecule has 0 amide bonds. The number of aromatic nitrogens is 1. The van der Waals surface area contributed by atoms with Crippen LogP contribution in [-0.4, -0.2) is 10.6 Å². The fourth-order valence-corrected chi connectivity index (χ4v) is 1.93. The minimum atomic E-state index is 0.620. The smallest absolute Gasteiger partial charge is 0.0225 e. The third-order valence-corrected chi connectivity index (χ3v) is 3.24. The molecule has 1 N–H and O–H groups in total. The Balaban J connectivity index is 2.54. The third kappa shape index (κ3) is 3.10. The molecule has 0 saturated carbocycles. The largest absolute Gasteiger partial charge is 0.352 e. The van der Waals surface area contributed by atoms with Gasteiger partial charge in [0.25, 0.3) is 0 Å². The van der Waals surface area contributed by atoms with Gasteiger partial charge < -0.3 is 9.88 Å². The van der Waals surface area contributed by atoms with Gasteiger partial charge in [0.1, 0.15) is 0 Å². The maximum atomic E-state index is 3.57. The van der Waals surface area contributed by atoms with Crippen molar-refractivity contribution in [2.24, 2.45) is 7.05 Å². The summed E-state index contributed by atoms with van der Waals surface area (Å²) in [5, 5.41) is 3.57. The molecule has 15 heavy (non-hydrogen) atoms. The van der Waals surface area contributed by atoms with E-state index in [0.717, 1.165) is 6.54 Å². The lowest BCUT2D eigenvalue weighted by Crippen LogP contribution is -2.25. The van der Waals surface area contributed by atoms with Crippen LogP contribution in [0.25, 0.3) is 0 Å². The molecule has 0 aliphatic carbocycles. The van der Waals surface area contributed by atoms with Crippen LogP contribution in [0.5, 0.6) is 0 Å². The Kier molecular flexibility index (Phi) is 4.40. The summed E-state index contributed by atoms with van der Waals surface area (Å²) >= 11 is 0. The first-order valence-electron chi connectivity index (χ1n) is 5.91. The van der Waals surface area contributed by atoms with E-state index in [1.807, 2.05) is 0 Å². The van der Waals surface area contributed by atoms with Crippen molar-refractivity contribution in [3.05, 3.63) is 23.0 Å². The molecule has 0 fully saturated rings. The average molecular weight is 208 g/mol. The predicted molar refractivity (Wildman–Crippen MR) is 66.1 cm³/mol. The second kappa shape index (κ2) is 5.36. The second-order valence-electron chi connectivity index (χ2n) is 4.53. The Bertz CT molecular complexity index is 313. The lowest BCUT2D eigenvalue weighted by molar-refractivity contribution is 0.507. The lowest BCUT2D eigenvalue weighted by atomic mass is 10.2. The van der Waals surface area contributed by atoms with Crippen molar-refractivity contribution in [3.8, 4) is 0 Å². The van der Waals surface area contributed by atoms with Crippen molar-refractivity contribution in [1.29, 1.82) is 0 Å². The zero-order valence-electron chi connectivity index (χ0n) is 10.7. The zero-order chi connectivity index (χ0) is 11.4. The summed E-state index contributed by atoms with van der Waals surface area (Å²) < 4.78 is 2.25. The third-order valence-electron chi connectivity index (χ3n) is 3.24. The standard InChI is InChI=1S/C13H24N2/c1-6-7-10(2)14-9-13-8-11(3)15(5)12(13)4/h8,10,14H,6-7,9H2,1-5H3. The second-order valence-corrected chi connectivity index (χ2v) is 4.53. The van der Waals surface area contributed by atoms with Crippen LogP contribution in [0.15, 0.2) is 6.07 Å². The fraction of sp³-hybridized carbons (Fsp3) is 0.692. The number of rotatable bonds is 5. The molecular weight excluding hydrogens is 184 g/mol. The van der Waals surface area contributed by atoms with Crippen LogP contribution >= 0.6 is 0 Å². The van der Waals surface area contributed by atoms with Crippen molar-refractivity contribution >= 4 is 0 Å². The summed E-state index contributed by atoms with van der Waals surface area (Å²) in [6, 6.07) is 2.90. The van der Waals surface area contributed by atoms with Crippen LogP contribution in [0.4, 0.5) is 0 Å². The van der Waals surface area contributed by atoms with Crippen molar-refractivity contribution in [1.82, 2.24) is 9.88 Å². The zero-order valence-corrected chi connectivity index (χ0v) is 10.7. The molecule has 0 bridgehead atoms.